The molecule has 2 aromatic rings. The van der Waals surface area contributed by atoms with Gasteiger partial charge in [0.1, 0.15) is 36.1 Å². The number of hydrogen-bond donors (Lipinski definition) is 6. The van der Waals surface area contributed by atoms with Crippen LogP contribution in [-0.2, 0) is 14.2 Å². The minimum atomic E-state index is -1.59. The third-order valence-corrected chi connectivity index (χ3v) is 7.51. The van der Waals surface area contributed by atoms with Crippen molar-refractivity contribution in [1.82, 2.24) is 0 Å². The minimum absolute atomic E-state index is 0.00294. The number of rotatable bonds is 7. The van der Waals surface area contributed by atoms with Gasteiger partial charge < -0.3 is 59.1 Å². The first-order valence-corrected chi connectivity index (χ1v) is 12.2. The molecular formula is C26H32O12. The molecular weight excluding hydrogens is 504 g/mol. The Hall–Kier alpha value is -2.68. The molecule has 2 aromatic carbocycles. The Morgan fingerprint density at radius 2 is 1.61 bits per heavy atom. The maximum absolute atomic E-state index is 11.7. The number of hydrogen-bond acceptors (Lipinski definition) is 12. The standard InChI is InChI=1S/C26H32O12/c1-33-17-7-12(3-5-15(17)28)23-14-10-35-24(26(14,32)11-36-23)13-4-6-16(18(8-13)34-2)37-25-22(31)21(30)20(29)19(9-27)38-25/h3-8,14,19-25,27-32H,9-11H2,1-2H3/t14-,19+,20+,21-,22+,23+,24+,25+,26-/m0/s1. The molecule has 0 spiro atoms. The predicted molar refractivity (Wildman–Crippen MR) is 128 cm³/mol. The van der Waals surface area contributed by atoms with Gasteiger partial charge in [0, 0.05) is 5.92 Å². The van der Waals surface area contributed by atoms with Crippen LogP contribution in [0.2, 0.25) is 0 Å². The van der Waals surface area contributed by atoms with E-state index in [-0.39, 0.29) is 30.5 Å². The third kappa shape index (κ3) is 4.46. The van der Waals surface area contributed by atoms with E-state index in [9.17, 15) is 30.6 Å². The van der Waals surface area contributed by atoms with Gasteiger partial charge >= 0.3 is 0 Å². The third-order valence-electron chi connectivity index (χ3n) is 7.51. The molecule has 38 heavy (non-hydrogen) atoms. The number of aliphatic hydroxyl groups excluding tert-OH is 4. The fourth-order valence-electron chi connectivity index (χ4n) is 5.37. The van der Waals surface area contributed by atoms with Gasteiger partial charge in [0.05, 0.1) is 40.1 Å². The molecule has 12 heteroatoms. The van der Waals surface area contributed by atoms with Crippen LogP contribution in [0, 0.1) is 5.92 Å². The molecule has 5 rings (SSSR count). The first-order chi connectivity index (χ1) is 18.2. The zero-order valence-electron chi connectivity index (χ0n) is 20.8. The Bertz CT molecular complexity index is 1140. The van der Waals surface area contributed by atoms with Crippen LogP contribution in [0.4, 0.5) is 0 Å². The Balaban J connectivity index is 1.36. The number of ether oxygens (including phenoxy) is 6. The Labute approximate surface area is 218 Å². The van der Waals surface area contributed by atoms with E-state index in [1.54, 1.807) is 30.3 Å². The van der Waals surface area contributed by atoms with E-state index in [1.165, 1.54) is 20.3 Å². The van der Waals surface area contributed by atoms with Crippen molar-refractivity contribution in [3.05, 3.63) is 47.5 Å². The van der Waals surface area contributed by atoms with Crippen LogP contribution in [0.15, 0.2) is 36.4 Å². The highest BCUT2D eigenvalue weighted by molar-refractivity contribution is 5.46. The van der Waals surface area contributed by atoms with E-state index in [0.29, 0.717) is 11.3 Å². The molecule has 9 atom stereocenters. The average molecular weight is 537 g/mol. The van der Waals surface area contributed by atoms with Crippen molar-refractivity contribution < 1.29 is 59.1 Å². The van der Waals surface area contributed by atoms with Gasteiger partial charge in [0.15, 0.2) is 23.0 Å². The lowest BCUT2D eigenvalue weighted by atomic mass is 9.81. The van der Waals surface area contributed by atoms with E-state index < -0.39 is 61.0 Å². The van der Waals surface area contributed by atoms with Crippen LogP contribution in [0.25, 0.3) is 0 Å². The van der Waals surface area contributed by atoms with Crippen LogP contribution in [0.1, 0.15) is 23.3 Å². The number of aliphatic hydroxyl groups is 5. The fraction of sp³-hybridized carbons (Fsp3) is 0.538. The molecule has 3 saturated heterocycles. The molecule has 0 bridgehead atoms. The largest absolute Gasteiger partial charge is 0.504 e. The molecule has 0 amide bonds. The van der Waals surface area contributed by atoms with Gasteiger partial charge in [0.2, 0.25) is 6.29 Å². The molecule has 6 N–H and O–H groups in total. The number of benzene rings is 2. The lowest BCUT2D eigenvalue weighted by Gasteiger charge is -2.39. The summed E-state index contributed by atoms with van der Waals surface area (Å²) < 4.78 is 33.9. The smallest absolute Gasteiger partial charge is 0.229 e. The molecule has 3 aliphatic rings. The number of fused-ring (bicyclic) bond motifs is 1. The zero-order valence-corrected chi connectivity index (χ0v) is 20.8. The number of methoxy groups -OCH3 is 2. The zero-order chi connectivity index (χ0) is 27.2. The summed E-state index contributed by atoms with van der Waals surface area (Å²) in [6.45, 7) is -0.346. The molecule has 208 valence electrons. The molecule has 12 nitrogen and oxygen atoms in total. The highest BCUT2D eigenvalue weighted by Gasteiger charge is 2.59. The Morgan fingerprint density at radius 1 is 0.895 bits per heavy atom. The lowest BCUT2D eigenvalue weighted by Crippen LogP contribution is -2.60. The number of phenolic OH excluding ortho intramolecular Hbond substituents is 1. The van der Waals surface area contributed by atoms with Crippen LogP contribution in [-0.4, -0.2) is 101 Å². The molecule has 0 saturated carbocycles. The summed E-state index contributed by atoms with van der Waals surface area (Å²) >= 11 is 0. The molecule has 0 radical (unpaired) electrons. The van der Waals surface area contributed by atoms with Gasteiger partial charge in [-0.25, -0.2) is 0 Å². The lowest BCUT2D eigenvalue weighted by molar-refractivity contribution is -0.277. The highest BCUT2D eigenvalue weighted by Crippen LogP contribution is 2.54. The maximum Gasteiger partial charge on any atom is 0.229 e. The van der Waals surface area contributed by atoms with Crippen LogP contribution >= 0.6 is 0 Å². The van der Waals surface area contributed by atoms with E-state index in [1.807, 2.05) is 0 Å². The first kappa shape index (κ1) is 26.9. The molecule has 0 aliphatic carbocycles. The monoisotopic (exact) mass is 536 g/mol. The molecule has 3 heterocycles. The van der Waals surface area contributed by atoms with E-state index in [4.69, 9.17) is 28.4 Å². The van der Waals surface area contributed by atoms with Crippen LogP contribution < -0.4 is 14.2 Å². The SMILES string of the molecule is COc1cc([C@H]2OC[C@@]3(O)[C@@H](c4ccc(O[C@@H]5O[C@H](CO)[C@@H](O)[C@H](O)[C@H]5O)c(OC)c4)OC[C@@H]23)ccc1O. The van der Waals surface area contributed by atoms with Gasteiger partial charge in [-0.05, 0) is 35.4 Å². The van der Waals surface area contributed by atoms with Crippen molar-refractivity contribution >= 4 is 0 Å². The molecule has 3 fully saturated rings. The number of aromatic hydroxyl groups is 1. The molecule has 3 aliphatic heterocycles. The van der Waals surface area contributed by atoms with Gasteiger partial charge in [-0.15, -0.1) is 0 Å². The number of phenols is 1. The summed E-state index contributed by atoms with van der Waals surface area (Å²) in [5.74, 6) is 0.324. The molecule has 0 aromatic heterocycles. The van der Waals surface area contributed by atoms with Crippen molar-refractivity contribution in [1.29, 1.82) is 0 Å². The first-order valence-electron chi connectivity index (χ1n) is 12.2. The second-order valence-corrected chi connectivity index (χ2v) is 9.70. The van der Waals surface area contributed by atoms with Gasteiger partial charge in [-0.1, -0.05) is 12.1 Å². The average Bonchev–Trinajstić information content (AvgIpc) is 3.43. The van der Waals surface area contributed by atoms with Crippen molar-refractivity contribution in [2.24, 2.45) is 5.92 Å². The summed E-state index contributed by atoms with van der Waals surface area (Å²) in [4.78, 5) is 0. The summed E-state index contributed by atoms with van der Waals surface area (Å²) in [5.41, 5.74) is -0.00769. The minimum Gasteiger partial charge on any atom is -0.504 e. The van der Waals surface area contributed by atoms with Crippen LogP contribution in [0.5, 0.6) is 23.0 Å². The molecule has 0 unspecified atom stereocenters. The summed E-state index contributed by atoms with van der Waals surface area (Å²) in [6.07, 6.45) is -8.39. The summed E-state index contributed by atoms with van der Waals surface area (Å²) in [5, 5.41) is 61.3. The summed E-state index contributed by atoms with van der Waals surface area (Å²) in [6, 6.07) is 9.75. The Kier molecular flexibility index (Phi) is 7.42. The maximum atomic E-state index is 11.7. The van der Waals surface area contributed by atoms with E-state index in [0.717, 1.165) is 5.56 Å². The highest BCUT2D eigenvalue weighted by atomic mass is 16.7. The topological polar surface area (TPSA) is 177 Å². The van der Waals surface area contributed by atoms with Crippen molar-refractivity contribution in [2.75, 3.05) is 34.0 Å². The predicted octanol–water partition coefficient (Wildman–Crippen LogP) is -0.222. The van der Waals surface area contributed by atoms with E-state index >= 15 is 0 Å². The second kappa shape index (κ2) is 10.5. The second-order valence-electron chi connectivity index (χ2n) is 9.70. The van der Waals surface area contributed by atoms with Crippen molar-refractivity contribution in [2.45, 2.75) is 48.5 Å². The van der Waals surface area contributed by atoms with Crippen molar-refractivity contribution in [3.8, 4) is 23.0 Å². The Morgan fingerprint density at radius 3 is 2.32 bits per heavy atom. The normalized spacial score (nSPS) is 36.6. The quantitative estimate of drug-likeness (QED) is 0.275. The van der Waals surface area contributed by atoms with Crippen LogP contribution in [0.3, 0.4) is 0 Å². The summed E-state index contributed by atoms with van der Waals surface area (Å²) in [7, 11) is 2.87. The van der Waals surface area contributed by atoms with E-state index in [2.05, 4.69) is 0 Å². The van der Waals surface area contributed by atoms with Crippen molar-refractivity contribution in [3.63, 3.8) is 0 Å². The fourth-order valence-corrected chi connectivity index (χ4v) is 5.37. The van der Waals surface area contributed by atoms with Gasteiger partial charge in [-0.2, -0.15) is 0 Å². The van der Waals surface area contributed by atoms with Gasteiger partial charge in [-0.3, -0.25) is 0 Å². The van der Waals surface area contributed by atoms with Gasteiger partial charge in [0.25, 0.3) is 0 Å².